The zero-order chi connectivity index (χ0) is 11.2. The van der Waals surface area contributed by atoms with Crippen LogP contribution >= 0.6 is 0 Å². The third-order valence-corrected chi connectivity index (χ3v) is 2.34. The Morgan fingerprint density at radius 2 is 2.13 bits per heavy atom. The summed E-state index contributed by atoms with van der Waals surface area (Å²) in [5.41, 5.74) is 0.0257. The van der Waals surface area contributed by atoms with E-state index in [1.807, 2.05) is 0 Å². The molecular weight excluding hydrogens is 201 g/mol. The van der Waals surface area contributed by atoms with Crippen molar-refractivity contribution < 1.29 is 19.4 Å². The maximum Gasteiger partial charge on any atom is 0.352 e. The first-order valence-corrected chi connectivity index (χ1v) is 4.22. The van der Waals surface area contributed by atoms with Gasteiger partial charge in [0, 0.05) is 12.4 Å². The molecule has 2 N–H and O–H groups in total. The Hall–Kier alpha value is -2.04. The standard InChI is InChI=1S/C10H8FNO3/c1-12-7(10(14)15)4-5-8(13)3-2-6(11)9(5)12/h2-4,13H,1H3,(H,14,15). The van der Waals surface area contributed by atoms with Gasteiger partial charge in [-0.2, -0.15) is 0 Å². The molecule has 78 valence electrons. The number of benzene rings is 1. The predicted octanol–water partition coefficient (Wildman–Crippen LogP) is 1.72. The van der Waals surface area contributed by atoms with Gasteiger partial charge in [0.1, 0.15) is 17.3 Å². The number of phenols is 1. The lowest BCUT2D eigenvalue weighted by Gasteiger charge is -2.00. The van der Waals surface area contributed by atoms with E-state index in [9.17, 15) is 14.3 Å². The Bertz CT molecular complexity index is 559. The van der Waals surface area contributed by atoms with Crippen molar-refractivity contribution in [2.75, 3.05) is 0 Å². The molecule has 0 saturated carbocycles. The average Bonchev–Trinajstić information content (AvgIpc) is 2.51. The molecule has 0 spiro atoms. The summed E-state index contributed by atoms with van der Waals surface area (Å²) in [5.74, 6) is -1.85. The fourth-order valence-electron chi connectivity index (χ4n) is 1.61. The van der Waals surface area contributed by atoms with E-state index in [1.165, 1.54) is 23.7 Å². The summed E-state index contributed by atoms with van der Waals surface area (Å²) in [7, 11) is 1.44. The van der Waals surface area contributed by atoms with Crippen molar-refractivity contribution in [3.63, 3.8) is 0 Å². The highest BCUT2D eigenvalue weighted by Crippen LogP contribution is 2.29. The molecule has 0 aliphatic heterocycles. The number of halogens is 1. The smallest absolute Gasteiger partial charge is 0.352 e. The van der Waals surface area contributed by atoms with Crippen molar-refractivity contribution in [2.45, 2.75) is 0 Å². The molecule has 4 nitrogen and oxygen atoms in total. The summed E-state index contributed by atoms with van der Waals surface area (Å²) in [6.45, 7) is 0. The molecule has 0 bridgehead atoms. The summed E-state index contributed by atoms with van der Waals surface area (Å²) in [6, 6.07) is 3.54. The van der Waals surface area contributed by atoms with Gasteiger partial charge in [-0.15, -0.1) is 0 Å². The number of aromatic nitrogens is 1. The van der Waals surface area contributed by atoms with Crippen LogP contribution in [0.4, 0.5) is 4.39 Å². The predicted molar refractivity (Wildman–Crippen MR) is 51.5 cm³/mol. The van der Waals surface area contributed by atoms with Crippen molar-refractivity contribution in [1.29, 1.82) is 0 Å². The molecule has 0 aliphatic carbocycles. The van der Waals surface area contributed by atoms with Crippen LogP contribution in [0.5, 0.6) is 5.75 Å². The van der Waals surface area contributed by atoms with Crippen molar-refractivity contribution >= 4 is 16.9 Å². The first-order chi connectivity index (χ1) is 7.02. The van der Waals surface area contributed by atoms with E-state index >= 15 is 0 Å². The average molecular weight is 209 g/mol. The molecule has 5 heteroatoms. The lowest BCUT2D eigenvalue weighted by molar-refractivity contribution is 0.0687. The van der Waals surface area contributed by atoms with Crippen LogP contribution in [0.25, 0.3) is 10.9 Å². The molecule has 0 fully saturated rings. The number of nitrogens with zero attached hydrogens (tertiary/aromatic N) is 1. The highest BCUT2D eigenvalue weighted by molar-refractivity contribution is 5.97. The van der Waals surface area contributed by atoms with Gasteiger partial charge >= 0.3 is 5.97 Å². The monoisotopic (exact) mass is 209 g/mol. The maximum atomic E-state index is 13.4. The largest absolute Gasteiger partial charge is 0.507 e. The lowest BCUT2D eigenvalue weighted by Crippen LogP contribution is -2.04. The van der Waals surface area contributed by atoms with Gasteiger partial charge in [0.25, 0.3) is 0 Å². The lowest BCUT2D eigenvalue weighted by atomic mass is 10.2. The van der Waals surface area contributed by atoms with Crippen LogP contribution in [0.3, 0.4) is 0 Å². The van der Waals surface area contributed by atoms with Crippen LogP contribution in [0.15, 0.2) is 18.2 Å². The van der Waals surface area contributed by atoms with Gasteiger partial charge in [0.05, 0.1) is 5.52 Å². The fourth-order valence-corrected chi connectivity index (χ4v) is 1.61. The van der Waals surface area contributed by atoms with Crippen LogP contribution < -0.4 is 0 Å². The van der Waals surface area contributed by atoms with Crippen LogP contribution in [0.1, 0.15) is 10.5 Å². The normalized spacial score (nSPS) is 10.8. The van der Waals surface area contributed by atoms with E-state index < -0.39 is 11.8 Å². The number of carboxylic acid groups (broad SMARTS) is 1. The molecule has 2 aromatic rings. The third kappa shape index (κ3) is 1.24. The molecule has 0 unspecified atom stereocenters. The van der Waals surface area contributed by atoms with Crippen molar-refractivity contribution in [3.8, 4) is 5.75 Å². The second kappa shape index (κ2) is 2.98. The fraction of sp³-hybridized carbons (Fsp3) is 0.100. The van der Waals surface area contributed by atoms with Gasteiger partial charge in [0.15, 0.2) is 0 Å². The molecule has 2 rings (SSSR count). The number of fused-ring (bicyclic) bond motifs is 1. The number of aromatic hydroxyl groups is 1. The van der Waals surface area contributed by atoms with Crippen LogP contribution in [0, 0.1) is 5.82 Å². The van der Waals surface area contributed by atoms with Crippen LogP contribution in [-0.4, -0.2) is 20.7 Å². The first-order valence-electron chi connectivity index (χ1n) is 4.22. The van der Waals surface area contributed by atoms with E-state index in [2.05, 4.69) is 0 Å². The second-order valence-corrected chi connectivity index (χ2v) is 3.22. The summed E-state index contributed by atoms with van der Waals surface area (Å²) >= 11 is 0. The van der Waals surface area contributed by atoms with Gasteiger partial charge in [-0.3, -0.25) is 0 Å². The number of hydrogen-bond acceptors (Lipinski definition) is 2. The topological polar surface area (TPSA) is 62.5 Å². The highest BCUT2D eigenvalue weighted by atomic mass is 19.1. The highest BCUT2D eigenvalue weighted by Gasteiger charge is 2.16. The SMILES string of the molecule is Cn1c(C(=O)O)cc2c(O)ccc(F)c21. The Labute approximate surface area is 84.2 Å². The van der Waals surface area contributed by atoms with E-state index in [4.69, 9.17) is 5.11 Å². The number of hydrogen-bond donors (Lipinski definition) is 2. The third-order valence-electron chi connectivity index (χ3n) is 2.34. The number of phenolic OH excluding ortho intramolecular Hbond substituents is 1. The second-order valence-electron chi connectivity index (χ2n) is 3.22. The summed E-state index contributed by atoms with van der Waals surface area (Å²) in [6.07, 6.45) is 0. The summed E-state index contributed by atoms with van der Waals surface area (Å²) < 4.78 is 14.6. The molecule has 1 aromatic heterocycles. The summed E-state index contributed by atoms with van der Waals surface area (Å²) in [4.78, 5) is 10.8. The van der Waals surface area contributed by atoms with Gasteiger partial charge in [0.2, 0.25) is 0 Å². The number of carbonyl (C=O) groups is 1. The van der Waals surface area contributed by atoms with E-state index in [-0.39, 0.29) is 22.3 Å². The Morgan fingerprint density at radius 3 is 2.67 bits per heavy atom. The molecule has 0 amide bonds. The van der Waals surface area contributed by atoms with Gasteiger partial charge < -0.3 is 14.8 Å². The Balaban J connectivity index is 2.93. The molecule has 1 heterocycles. The van der Waals surface area contributed by atoms with Crippen LogP contribution in [-0.2, 0) is 7.05 Å². The zero-order valence-corrected chi connectivity index (χ0v) is 7.86. The number of aryl methyl sites for hydroxylation is 1. The summed E-state index contributed by atoms with van der Waals surface area (Å²) in [5, 5.41) is 18.5. The van der Waals surface area contributed by atoms with Gasteiger partial charge in [-0.1, -0.05) is 0 Å². The number of aromatic carboxylic acids is 1. The molecule has 0 radical (unpaired) electrons. The molecule has 1 aromatic carbocycles. The van der Waals surface area contributed by atoms with Crippen molar-refractivity contribution in [2.24, 2.45) is 7.05 Å². The minimum absolute atomic E-state index is 0.0644. The van der Waals surface area contributed by atoms with Gasteiger partial charge in [-0.25, -0.2) is 9.18 Å². The molecule has 0 atom stereocenters. The minimum Gasteiger partial charge on any atom is -0.507 e. The maximum absolute atomic E-state index is 13.4. The Kier molecular flexibility index (Phi) is 1.89. The quantitative estimate of drug-likeness (QED) is 0.751. The minimum atomic E-state index is -1.16. The zero-order valence-electron chi connectivity index (χ0n) is 7.86. The molecular formula is C10H8FNO3. The number of carboxylic acids is 1. The first kappa shape index (κ1) is 9.51. The molecule has 0 aliphatic rings. The van der Waals surface area contributed by atoms with E-state index in [0.717, 1.165) is 6.07 Å². The van der Waals surface area contributed by atoms with E-state index in [0.29, 0.717) is 0 Å². The van der Waals surface area contributed by atoms with Gasteiger partial charge in [-0.05, 0) is 18.2 Å². The number of rotatable bonds is 1. The molecule has 15 heavy (non-hydrogen) atoms. The van der Waals surface area contributed by atoms with Crippen molar-refractivity contribution in [3.05, 3.63) is 29.7 Å². The Morgan fingerprint density at radius 1 is 1.47 bits per heavy atom. The van der Waals surface area contributed by atoms with Crippen LogP contribution in [0.2, 0.25) is 0 Å². The van der Waals surface area contributed by atoms with E-state index in [1.54, 1.807) is 0 Å². The van der Waals surface area contributed by atoms with Crippen molar-refractivity contribution in [1.82, 2.24) is 4.57 Å². The molecule has 0 saturated heterocycles.